The van der Waals surface area contributed by atoms with Gasteiger partial charge in [0, 0.05) is 36.2 Å². The van der Waals surface area contributed by atoms with Gasteiger partial charge in [0.05, 0.1) is 22.8 Å². The first-order valence-corrected chi connectivity index (χ1v) is 9.82. The minimum absolute atomic E-state index is 0.0366. The molecule has 3 aromatic rings. The highest BCUT2D eigenvalue weighted by atomic mass is 35.5. The predicted molar refractivity (Wildman–Crippen MR) is 110 cm³/mol. The lowest BCUT2D eigenvalue weighted by molar-refractivity contribution is 0.463. The summed E-state index contributed by atoms with van der Waals surface area (Å²) in [4.78, 5) is 7.35. The van der Waals surface area contributed by atoms with Crippen LogP contribution in [0.4, 0.5) is 5.69 Å². The van der Waals surface area contributed by atoms with E-state index >= 15 is 0 Å². The van der Waals surface area contributed by atoms with E-state index in [0.29, 0.717) is 10.0 Å². The van der Waals surface area contributed by atoms with Crippen LogP contribution in [-0.2, 0) is 6.54 Å². The van der Waals surface area contributed by atoms with Gasteiger partial charge in [0.25, 0.3) is 0 Å². The summed E-state index contributed by atoms with van der Waals surface area (Å²) in [6.07, 6.45) is 0. The third kappa shape index (κ3) is 2.86. The van der Waals surface area contributed by atoms with E-state index in [1.165, 1.54) is 11.2 Å². The molecular weight excluding hydrogens is 367 g/mol. The van der Waals surface area contributed by atoms with Crippen LogP contribution in [0.2, 0.25) is 10.0 Å². The number of imidazole rings is 1. The SMILES string of the molecule is CCN(CC)c1cccc2nc3n(c12)CCNC3c1ccc(Cl)cc1Cl. The van der Waals surface area contributed by atoms with Gasteiger partial charge in [0.2, 0.25) is 0 Å². The Labute approximate surface area is 163 Å². The summed E-state index contributed by atoms with van der Waals surface area (Å²) in [7, 11) is 0. The fourth-order valence-electron chi connectivity index (χ4n) is 3.85. The van der Waals surface area contributed by atoms with Gasteiger partial charge in [0.1, 0.15) is 5.82 Å². The summed E-state index contributed by atoms with van der Waals surface area (Å²) in [6.45, 7) is 8.09. The zero-order valence-electron chi connectivity index (χ0n) is 15.0. The first kappa shape index (κ1) is 17.7. The van der Waals surface area contributed by atoms with Crippen LogP contribution in [0, 0.1) is 0 Å². The van der Waals surface area contributed by atoms with Crippen molar-refractivity contribution in [1.82, 2.24) is 14.9 Å². The smallest absolute Gasteiger partial charge is 0.131 e. The zero-order valence-corrected chi connectivity index (χ0v) is 16.5. The van der Waals surface area contributed by atoms with E-state index in [1.54, 1.807) is 6.07 Å². The summed E-state index contributed by atoms with van der Waals surface area (Å²) in [5, 5.41) is 4.88. The minimum atomic E-state index is -0.0366. The topological polar surface area (TPSA) is 33.1 Å². The molecule has 1 aliphatic rings. The summed E-state index contributed by atoms with van der Waals surface area (Å²) in [6, 6.07) is 12.0. The molecule has 1 atom stereocenters. The standard InChI is InChI=1S/C20H22Cl2N4/c1-3-25(4-2)17-7-5-6-16-19(17)26-11-10-23-18(20(26)24-16)14-9-8-13(21)12-15(14)22/h5-9,12,18,23H,3-4,10-11H2,1-2H3. The molecule has 2 heterocycles. The van der Waals surface area contributed by atoms with Crippen molar-refractivity contribution in [2.75, 3.05) is 24.5 Å². The van der Waals surface area contributed by atoms with Gasteiger partial charge in [-0.1, -0.05) is 35.3 Å². The number of halogens is 2. The molecule has 136 valence electrons. The molecule has 0 saturated heterocycles. The number of hydrogen-bond acceptors (Lipinski definition) is 3. The number of nitrogens with zero attached hydrogens (tertiary/aromatic N) is 3. The molecule has 0 spiro atoms. The van der Waals surface area contributed by atoms with E-state index in [-0.39, 0.29) is 6.04 Å². The Kier molecular flexibility index (Phi) is 4.82. The van der Waals surface area contributed by atoms with Gasteiger partial charge in [-0.15, -0.1) is 0 Å². The largest absolute Gasteiger partial charge is 0.370 e. The van der Waals surface area contributed by atoms with Crippen LogP contribution >= 0.6 is 23.2 Å². The Hall–Kier alpha value is -1.75. The lowest BCUT2D eigenvalue weighted by atomic mass is 10.0. The second-order valence-electron chi connectivity index (χ2n) is 6.49. The van der Waals surface area contributed by atoms with Crippen molar-refractivity contribution in [3.63, 3.8) is 0 Å². The Morgan fingerprint density at radius 1 is 1.19 bits per heavy atom. The van der Waals surface area contributed by atoms with Gasteiger partial charge in [-0.25, -0.2) is 4.98 Å². The molecule has 0 aliphatic carbocycles. The van der Waals surface area contributed by atoms with Crippen LogP contribution in [-0.4, -0.2) is 29.2 Å². The maximum absolute atomic E-state index is 6.48. The molecule has 1 aromatic heterocycles. The summed E-state index contributed by atoms with van der Waals surface area (Å²) >= 11 is 12.6. The van der Waals surface area contributed by atoms with Crippen LogP contribution in [0.25, 0.3) is 11.0 Å². The van der Waals surface area contributed by atoms with Crippen molar-refractivity contribution in [2.45, 2.75) is 26.4 Å². The van der Waals surface area contributed by atoms with Gasteiger partial charge in [-0.05, 0) is 43.7 Å². The fourth-order valence-corrected chi connectivity index (χ4v) is 4.37. The highest BCUT2D eigenvalue weighted by Gasteiger charge is 2.28. The Morgan fingerprint density at radius 2 is 2.00 bits per heavy atom. The van der Waals surface area contributed by atoms with Gasteiger partial charge in [0.15, 0.2) is 0 Å². The van der Waals surface area contributed by atoms with Gasteiger partial charge in [-0.2, -0.15) is 0 Å². The Bertz CT molecular complexity index is 946. The van der Waals surface area contributed by atoms with Crippen LogP contribution in [0.1, 0.15) is 31.3 Å². The first-order valence-electron chi connectivity index (χ1n) is 9.06. The number of aromatic nitrogens is 2. The number of hydrogen-bond donors (Lipinski definition) is 1. The third-order valence-corrected chi connectivity index (χ3v) is 5.66. The Morgan fingerprint density at radius 3 is 2.73 bits per heavy atom. The van der Waals surface area contributed by atoms with Gasteiger partial charge < -0.3 is 14.8 Å². The number of para-hydroxylation sites is 1. The quantitative estimate of drug-likeness (QED) is 0.690. The molecule has 6 heteroatoms. The van der Waals surface area contributed by atoms with Crippen molar-refractivity contribution in [1.29, 1.82) is 0 Å². The molecule has 4 rings (SSSR count). The van der Waals surface area contributed by atoms with Crippen LogP contribution in [0.3, 0.4) is 0 Å². The van der Waals surface area contributed by atoms with Crippen LogP contribution in [0.15, 0.2) is 36.4 Å². The second-order valence-corrected chi connectivity index (χ2v) is 7.34. The summed E-state index contributed by atoms with van der Waals surface area (Å²) in [5.41, 5.74) is 4.50. The third-order valence-electron chi connectivity index (χ3n) is 5.09. The first-order chi connectivity index (χ1) is 12.6. The molecule has 1 N–H and O–H groups in total. The van der Waals surface area contributed by atoms with Gasteiger partial charge in [-0.3, -0.25) is 0 Å². The molecule has 0 fully saturated rings. The van der Waals surface area contributed by atoms with E-state index in [2.05, 4.69) is 46.8 Å². The highest BCUT2D eigenvalue weighted by Crippen LogP contribution is 2.36. The van der Waals surface area contributed by atoms with Crippen molar-refractivity contribution in [3.05, 3.63) is 57.8 Å². The van der Waals surface area contributed by atoms with E-state index < -0.39 is 0 Å². The highest BCUT2D eigenvalue weighted by molar-refractivity contribution is 6.35. The maximum Gasteiger partial charge on any atom is 0.131 e. The molecule has 1 unspecified atom stereocenters. The molecule has 2 aromatic carbocycles. The molecule has 1 aliphatic heterocycles. The van der Waals surface area contributed by atoms with Crippen molar-refractivity contribution >= 4 is 39.9 Å². The summed E-state index contributed by atoms with van der Waals surface area (Å²) < 4.78 is 2.34. The van der Waals surface area contributed by atoms with E-state index in [0.717, 1.165) is 43.1 Å². The average Bonchev–Trinajstić information content (AvgIpc) is 3.02. The van der Waals surface area contributed by atoms with Crippen molar-refractivity contribution in [2.24, 2.45) is 0 Å². The molecule has 26 heavy (non-hydrogen) atoms. The maximum atomic E-state index is 6.48. The number of rotatable bonds is 4. The van der Waals surface area contributed by atoms with Crippen LogP contribution < -0.4 is 10.2 Å². The molecule has 0 radical (unpaired) electrons. The minimum Gasteiger partial charge on any atom is -0.370 e. The molecule has 0 saturated carbocycles. The Balaban J connectivity index is 1.90. The average molecular weight is 389 g/mol. The number of benzene rings is 2. The summed E-state index contributed by atoms with van der Waals surface area (Å²) in [5.74, 6) is 1.01. The number of nitrogens with one attached hydrogen (secondary N) is 1. The lowest BCUT2D eigenvalue weighted by Crippen LogP contribution is -2.34. The fraction of sp³-hybridized carbons (Fsp3) is 0.350. The predicted octanol–water partition coefficient (Wildman–Crippen LogP) is 4.88. The van der Waals surface area contributed by atoms with Crippen LogP contribution in [0.5, 0.6) is 0 Å². The second kappa shape index (κ2) is 7.10. The number of anilines is 1. The normalized spacial score (nSPS) is 16.7. The lowest BCUT2D eigenvalue weighted by Gasteiger charge is -2.28. The monoisotopic (exact) mass is 388 g/mol. The van der Waals surface area contributed by atoms with Gasteiger partial charge >= 0.3 is 0 Å². The van der Waals surface area contributed by atoms with E-state index in [1.807, 2.05) is 12.1 Å². The molecule has 0 bridgehead atoms. The zero-order chi connectivity index (χ0) is 18.3. The molecular formula is C20H22Cl2N4. The van der Waals surface area contributed by atoms with E-state index in [9.17, 15) is 0 Å². The van der Waals surface area contributed by atoms with Crippen molar-refractivity contribution in [3.8, 4) is 0 Å². The number of fused-ring (bicyclic) bond motifs is 3. The molecule has 0 amide bonds. The van der Waals surface area contributed by atoms with E-state index in [4.69, 9.17) is 28.2 Å². The van der Waals surface area contributed by atoms with Crippen molar-refractivity contribution < 1.29 is 0 Å². The molecule has 4 nitrogen and oxygen atoms in total.